The largest absolute Gasteiger partial charge is 0.396 e. The van der Waals surface area contributed by atoms with Gasteiger partial charge in [0, 0.05) is 37.4 Å². The van der Waals surface area contributed by atoms with Crippen LogP contribution in [0.15, 0.2) is 60.8 Å². The fraction of sp³-hybridized carbons (Fsp3) is 0.286. The van der Waals surface area contributed by atoms with Crippen molar-refractivity contribution >= 4 is 0 Å². The molecule has 0 aliphatic carbocycles. The summed E-state index contributed by atoms with van der Waals surface area (Å²) in [6.07, 6.45) is 1.82. The molecular formula is C21H24FN3O. The Bertz CT molecular complexity index is 802. The Morgan fingerprint density at radius 1 is 1.08 bits per heavy atom. The zero-order valence-electron chi connectivity index (χ0n) is 14.9. The molecule has 0 amide bonds. The second kappa shape index (κ2) is 8.74. The maximum Gasteiger partial charge on any atom is 0.123 e. The molecule has 1 atom stereocenters. The summed E-state index contributed by atoms with van der Waals surface area (Å²) in [7, 11) is 0. The quantitative estimate of drug-likeness (QED) is 0.647. The highest BCUT2D eigenvalue weighted by Gasteiger charge is 2.15. The van der Waals surface area contributed by atoms with Crippen LogP contribution in [0.4, 0.5) is 4.39 Å². The molecule has 0 saturated heterocycles. The number of rotatable bonds is 8. The first-order valence-electron chi connectivity index (χ1n) is 8.81. The van der Waals surface area contributed by atoms with Crippen molar-refractivity contribution in [3.63, 3.8) is 0 Å². The molecule has 0 fully saturated rings. The van der Waals surface area contributed by atoms with Gasteiger partial charge >= 0.3 is 0 Å². The molecule has 5 heteroatoms. The SMILES string of the molecule is C[C@@H](CO)CN(Cc1ccccc1)Cc1cn[nH]c1-c1ccc(F)cc1. The van der Waals surface area contributed by atoms with Crippen LogP contribution in [0.3, 0.4) is 0 Å². The smallest absolute Gasteiger partial charge is 0.123 e. The van der Waals surface area contributed by atoms with Crippen LogP contribution in [0.5, 0.6) is 0 Å². The highest BCUT2D eigenvalue weighted by Crippen LogP contribution is 2.23. The van der Waals surface area contributed by atoms with Gasteiger partial charge in [-0.1, -0.05) is 37.3 Å². The van der Waals surface area contributed by atoms with Crippen molar-refractivity contribution in [1.82, 2.24) is 15.1 Å². The van der Waals surface area contributed by atoms with Gasteiger partial charge in [0.15, 0.2) is 0 Å². The number of hydrogen-bond donors (Lipinski definition) is 2. The summed E-state index contributed by atoms with van der Waals surface area (Å²) in [5.74, 6) is -0.0721. The van der Waals surface area contributed by atoms with Crippen molar-refractivity contribution in [3.05, 3.63) is 77.7 Å². The second-order valence-electron chi connectivity index (χ2n) is 6.72. The van der Waals surface area contributed by atoms with Crippen LogP contribution in [0.1, 0.15) is 18.1 Å². The number of nitrogens with one attached hydrogen (secondary N) is 1. The van der Waals surface area contributed by atoms with Gasteiger partial charge in [-0.2, -0.15) is 5.10 Å². The third-order valence-electron chi connectivity index (χ3n) is 4.38. The van der Waals surface area contributed by atoms with Crippen LogP contribution in [0, 0.1) is 11.7 Å². The van der Waals surface area contributed by atoms with Gasteiger partial charge in [0.25, 0.3) is 0 Å². The first-order valence-corrected chi connectivity index (χ1v) is 8.81. The Morgan fingerprint density at radius 2 is 1.81 bits per heavy atom. The molecule has 4 nitrogen and oxygen atoms in total. The zero-order chi connectivity index (χ0) is 18.4. The van der Waals surface area contributed by atoms with E-state index in [2.05, 4.69) is 27.2 Å². The lowest BCUT2D eigenvalue weighted by Gasteiger charge is -2.25. The van der Waals surface area contributed by atoms with E-state index in [1.165, 1.54) is 17.7 Å². The van der Waals surface area contributed by atoms with Crippen LogP contribution < -0.4 is 0 Å². The molecule has 2 aromatic carbocycles. The summed E-state index contributed by atoms with van der Waals surface area (Å²) < 4.78 is 13.2. The molecule has 1 heterocycles. The highest BCUT2D eigenvalue weighted by atomic mass is 19.1. The number of hydrogen-bond acceptors (Lipinski definition) is 3. The number of benzene rings is 2. The normalized spacial score (nSPS) is 12.5. The van der Waals surface area contributed by atoms with Gasteiger partial charge in [-0.15, -0.1) is 0 Å². The van der Waals surface area contributed by atoms with Gasteiger partial charge in [-0.05, 0) is 35.7 Å². The molecule has 2 N–H and O–H groups in total. The standard InChI is InChI=1S/C21H24FN3O/c1-16(15-26)12-25(13-17-5-3-2-4-6-17)14-19-11-23-24-21(19)18-7-9-20(22)10-8-18/h2-11,16,26H,12-15H2,1H3,(H,23,24)/t16-/m1/s1. The van der Waals surface area contributed by atoms with Crippen LogP contribution >= 0.6 is 0 Å². The number of aliphatic hydroxyl groups is 1. The Morgan fingerprint density at radius 3 is 2.50 bits per heavy atom. The third-order valence-corrected chi connectivity index (χ3v) is 4.38. The lowest BCUT2D eigenvalue weighted by molar-refractivity contribution is 0.163. The third kappa shape index (κ3) is 4.77. The van der Waals surface area contributed by atoms with E-state index in [4.69, 9.17) is 0 Å². The molecule has 0 aliphatic rings. The fourth-order valence-corrected chi connectivity index (χ4v) is 3.06. The number of halogens is 1. The Balaban J connectivity index is 1.80. The first-order chi connectivity index (χ1) is 12.7. The lowest BCUT2D eigenvalue weighted by Crippen LogP contribution is -2.29. The predicted octanol–water partition coefficient (Wildman–Crippen LogP) is 3.85. The first kappa shape index (κ1) is 18.3. The van der Waals surface area contributed by atoms with Crippen molar-refractivity contribution in [3.8, 4) is 11.3 Å². The molecular weight excluding hydrogens is 329 g/mol. The molecule has 0 bridgehead atoms. The van der Waals surface area contributed by atoms with E-state index in [1.807, 2.05) is 31.3 Å². The van der Waals surface area contributed by atoms with Crippen molar-refractivity contribution in [2.24, 2.45) is 5.92 Å². The summed E-state index contributed by atoms with van der Waals surface area (Å²) in [4.78, 5) is 2.30. The molecule has 1 aromatic heterocycles. The van der Waals surface area contributed by atoms with E-state index in [0.29, 0.717) is 6.54 Å². The van der Waals surface area contributed by atoms with E-state index in [0.717, 1.165) is 29.9 Å². The average Bonchev–Trinajstić information content (AvgIpc) is 3.11. The lowest BCUT2D eigenvalue weighted by atomic mass is 10.1. The van der Waals surface area contributed by atoms with E-state index in [-0.39, 0.29) is 18.3 Å². The summed E-state index contributed by atoms with van der Waals surface area (Å²) in [5.41, 5.74) is 4.09. The summed E-state index contributed by atoms with van der Waals surface area (Å²) >= 11 is 0. The van der Waals surface area contributed by atoms with E-state index < -0.39 is 0 Å². The topological polar surface area (TPSA) is 52.1 Å². The highest BCUT2D eigenvalue weighted by molar-refractivity contribution is 5.62. The minimum Gasteiger partial charge on any atom is -0.396 e. The summed E-state index contributed by atoms with van der Waals surface area (Å²) in [5, 5.41) is 16.7. The van der Waals surface area contributed by atoms with Crippen LogP contribution in [-0.2, 0) is 13.1 Å². The van der Waals surface area contributed by atoms with E-state index in [9.17, 15) is 9.50 Å². The van der Waals surface area contributed by atoms with Crippen molar-refractivity contribution in [1.29, 1.82) is 0 Å². The molecule has 0 radical (unpaired) electrons. The molecule has 0 spiro atoms. The number of nitrogens with zero attached hydrogens (tertiary/aromatic N) is 2. The van der Waals surface area contributed by atoms with Crippen LogP contribution in [-0.4, -0.2) is 33.4 Å². The zero-order valence-corrected chi connectivity index (χ0v) is 14.9. The predicted molar refractivity (Wildman–Crippen MR) is 101 cm³/mol. The van der Waals surface area contributed by atoms with Gasteiger partial charge in [0.2, 0.25) is 0 Å². The summed E-state index contributed by atoms with van der Waals surface area (Å²) in [6, 6.07) is 16.7. The van der Waals surface area contributed by atoms with Crippen LogP contribution in [0.2, 0.25) is 0 Å². The molecule has 0 aliphatic heterocycles. The minimum atomic E-state index is -0.253. The molecule has 136 valence electrons. The second-order valence-corrected chi connectivity index (χ2v) is 6.72. The van der Waals surface area contributed by atoms with Gasteiger partial charge < -0.3 is 5.11 Å². The molecule has 0 saturated carbocycles. The number of aromatic amines is 1. The van der Waals surface area contributed by atoms with E-state index in [1.54, 1.807) is 12.1 Å². The summed E-state index contributed by atoms with van der Waals surface area (Å²) in [6.45, 7) is 4.46. The van der Waals surface area contributed by atoms with Gasteiger partial charge in [-0.3, -0.25) is 10.00 Å². The maximum atomic E-state index is 13.2. The maximum absolute atomic E-state index is 13.2. The Hall–Kier alpha value is -2.50. The van der Waals surface area contributed by atoms with E-state index >= 15 is 0 Å². The Kier molecular flexibility index (Phi) is 6.15. The Labute approximate surface area is 153 Å². The number of H-pyrrole nitrogens is 1. The average molecular weight is 353 g/mol. The minimum absolute atomic E-state index is 0.154. The van der Waals surface area contributed by atoms with Gasteiger partial charge in [0.05, 0.1) is 11.9 Å². The monoisotopic (exact) mass is 353 g/mol. The molecule has 26 heavy (non-hydrogen) atoms. The van der Waals surface area contributed by atoms with Crippen molar-refractivity contribution < 1.29 is 9.50 Å². The van der Waals surface area contributed by atoms with Crippen molar-refractivity contribution in [2.75, 3.05) is 13.2 Å². The molecule has 3 aromatic rings. The van der Waals surface area contributed by atoms with Gasteiger partial charge in [-0.25, -0.2) is 4.39 Å². The fourth-order valence-electron chi connectivity index (χ4n) is 3.06. The van der Waals surface area contributed by atoms with Gasteiger partial charge in [0.1, 0.15) is 5.82 Å². The van der Waals surface area contributed by atoms with Crippen LogP contribution in [0.25, 0.3) is 11.3 Å². The van der Waals surface area contributed by atoms with Crippen molar-refractivity contribution in [2.45, 2.75) is 20.0 Å². The molecule has 3 rings (SSSR count). The molecule has 0 unspecified atom stereocenters. The number of aliphatic hydroxyl groups excluding tert-OH is 1. The number of aromatic nitrogens is 2.